The molecule has 0 aromatic heterocycles. The molecule has 1 saturated heterocycles. The van der Waals surface area contributed by atoms with E-state index in [0.717, 1.165) is 0 Å². The molecular weight excluding hydrogens is 224 g/mol. The van der Waals surface area contributed by atoms with E-state index in [0.29, 0.717) is 32.8 Å². The highest BCUT2D eigenvalue weighted by atomic mass is 16.5. The minimum atomic E-state index is -0.904. The topological polar surface area (TPSA) is 70.1 Å². The van der Waals surface area contributed by atoms with Crippen LogP contribution in [0, 0.1) is 0 Å². The van der Waals surface area contributed by atoms with E-state index >= 15 is 0 Å². The van der Waals surface area contributed by atoms with Gasteiger partial charge in [-0.2, -0.15) is 0 Å². The molecule has 0 unspecified atom stereocenters. The molecular formula is C11H20N2O4. The predicted octanol–water partition coefficient (Wildman–Crippen LogP) is 0.624. The number of ether oxygens (including phenoxy) is 1. The maximum Gasteiger partial charge on any atom is 0.407 e. The molecule has 1 amide bonds. The monoisotopic (exact) mass is 244 g/mol. The summed E-state index contributed by atoms with van der Waals surface area (Å²) < 4.78 is 5.02. The highest BCUT2D eigenvalue weighted by molar-refractivity contribution is 5.79. The average molecular weight is 244 g/mol. The van der Waals surface area contributed by atoms with Crippen molar-refractivity contribution in [2.45, 2.75) is 26.3 Å². The van der Waals surface area contributed by atoms with Gasteiger partial charge < -0.3 is 14.7 Å². The van der Waals surface area contributed by atoms with Gasteiger partial charge in [-0.1, -0.05) is 0 Å². The van der Waals surface area contributed by atoms with Gasteiger partial charge in [0.25, 0.3) is 0 Å². The first kappa shape index (κ1) is 13.8. The lowest BCUT2D eigenvalue weighted by Crippen LogP contribution is -2.58. The van der Waals surface area contributed by atoms with Crippen molar-refractivity contribution in [1.29, 1.82) is 0 Å². The van der Waals surface area contributed by atoms with Gasteiger partial charge in [0.1, 0.15) is 5.54 Å². The van der Waals surface area contributed by atoms with Crippen molar-refractivity contribution in [2.24, 2.45) is 0 Å². The Morgan fingerprint density at radius 2 is 1.76 bits per heavy atom. The number of hydrogen-bond donors (Lipinski definition) is 1. The van der Waals surface area contributed by atoms with Gasteiger partial charge in [0.2, 0.25) is 0 Å². The average Bonchev–Trinajstić information content (AvgIpc) is 2.29. The molecule has 1 aliphatic heterocycles. The van der Waals surface area contributed by atoms with E-state index in [9.17, 15) is 9.59 Å². The zero-order valence-corrected chi connectivity index (χ0v) is 10.6. The SMILES string of the molecule is CCOC(=O)C(C)(C)N1CCN(C(=O)O)CC1. The number of rotatable bonds is 3. The molecule has 6 heteroatoms. The van der Waals surface area contributed by atoms with E-state index in [1.54, 1.807) is 20.8 Å². The first-order valence-corrected chi connectivity index (χ1v) is 5.79. The van der Waals surface area contributed by atoms with Crippen LogP contribution in [0.15, 0.2) is 0 Å². The summed E-state index contributed by atoms with van der Waals surface area (Å²) in [6.45, 7) is 7.71. The molecule has 0 radical (unpaired) electrons. The Kier molecular flexibility index (Phi) is 4.34. The van der Waals surface area contributed by atoms with Crippen molar-refractivity contribution in [3.05, 3.63) is 0 Å². The van der Waals surface area contributed by atoms with E-state index in [-0.39, 0.29) is 5.97 Å². The van der Waals surface area contributed by atoms with Crippen LogP contribution in [-0.4, -0.2) is 65.3 Å². The lowest BCUT2D eigenvalue weighted by molar-refractivity contribution is -0.156. The second-order valence-electron chi connectivity index (χ2n) is 4.54. The molecule has 0 aliphatic carbocycles. The molecule has 0 aromatic carbocycles. The van der Waals surface area contributed by atoms with Crippen LogP contribution in [0.2, 0.25) is 0 Å². The van der Waals surface area contributed by atoms with E-state index in [1.165, 1.54) is 4.90 Å². The number of carbonyl (C=O) groups excluding carboxylic acids is 1. The van der Waals surface area contributed by atoms with Crippen LogP contribution < -0.4 is 0 Å². The van der Waals surface area contributed by atoms with E-state index in [1.807, 2.05) is 4.90 Å². The summed E-state index contributed by atoms with van der Waals surface area (Å²) in [4.78, 5) is 25.9. The molecule has 0 bridgehead atoms. The second kappa shape index (κ2) is 5.35. The van der Waals surface area contributed by atoms with Crippen molar-refractivity contribution in [3.8, 4) is 0 Å². The Labute approximate surface area is 101 Å². The van der Waals surface area contributed by atoms with Gasteiger partial charge in [0.15, 0.2) is 0 Å². The number of carbonyl (C=O) groups is 2. The maximum absolute atomic E-state index is 11.8. The Morgan fingerprint density at radius 3 is 2.18 bits per heavy atom. The largest absolute Gasteiger partial charge is 0.465 e. The van der Waals surface area contributed by atoms with Crippen LogP contribution in [0.3, 0.4) is 0 Å². The number of esters is 1. The third-order valence-corrected chi connectivity index (χ3v) is 3.12. The normalized spacial score (nSPS) is 17.9. The van der Waals surface area contributed by atoms with E-state index in [4.69, 9.17) is 9.84 Å². The molecule has 0 aromatic rings. The summed E-state index contributed by atoms with van der Waals surface area (Å²) in [6.07, 6.45) is -0.904. The molecule has 1 aliphatic rings. The van der Waals surface area contributed by atoms with E-state index < -0.39 is 11.6 Å². The minimum absolute atomic E-state index is 0.260. The maximum atomic E-state index is 11.8. The standard InChI is InChI=1S/C11H20N2O4/c1-4-17-9(14)11(2,3)13-7-5-12(6-8-13)10(15)16/h4-8H2,1-3H3,(H,15,16). The zero-order valence-electron chi connectivity index (χ0n) is 10.6. The summed E-state index contributed by atoms with van der Waals surface area (Å²) in [6, 6.07) is 0. The predicted molar refractivity (Wildman–Crippen MR) is 61.9 cm³/mol. The summed E-state index contributed by atoms with van der Waals surface area (Å²) >= 11 is 0. The first-order chi connectivity index (χ1) is 7.89. The van der Waals surface area contributed by atoms with Gasteiger partial charge in [-0.25, -0.2) is 4.79 Å². The lowest BCUT2D eigenvalue weighted by Gasteiger charge is -2.41. The van der Waals surface area contributed by atoms with Crippen molar-refractivity contribution in [3.63, 3.8) is 0 Å². The highest BCUT2D eigenvalue weighted by Crippen LogP contribution is 2.18. The van der Waals surface area contributed by atoms with Crippen LogP contribution in [0.25, 0.3) is 0 Å². The van der Waals surface area contributed by atoms with Gasteiger partial charge >= 0.3 is 12.1 Å². The molecule has 17 heavy (non-hydrogen) atoms. The van der Waals surface area contributed by atoms with Gasteiger partial charge in [-0.15, -0.1) is 0 Å². The van der Waals surface area contributed by atoms with Crippen molar-refractivity contribution >= 4 is 12.1 Å². The second-order valence-corrected chi connectivity index (χ2v) is 4.54. The molecule has 1 rings (SSSR count). The van der Waals surface area contributed by atoms with Gasteiger partial charge in [0.05, 0.1) is 6.61 Å². The number of nitrogens with zero attached hydrogens (tertiary/aromatic N) is 2. The molecule has 0 atom stereocenters. The fourth-order valence-corrected chi connectivity index (χ4v) is 1.89. The quantitative estimate of drug-likeness (QED) is 0.737. The van der Waals surface area contributed by atoms with Gasteiger partial charge in [0, 0.05) is 26.2 Å². The summed E-state index contributed by atoms with van der Waals surface area (Å²) in [5, 5.41) is 8.84. The van der Waals surface area contributed by atoms with Crippen LogP contribution in [0.5, 0.6) is 0 Å². The number of piperazine rings is 1. The molecule has 6 nitrogen and oxygen atoms in total. The van der Waals surface area contributed by atoms with Crippen molar-refractivity contribution < 1.29 is 19.4 Å². The Bertz CT molecular complexity index is 296. The zero-order chi connectivity index (χ0) is 13.1. The number of carboxylic acid groups (broad SMARTS) is 1. The Morgan fingerprint density at radius 1 is 1.24 bits per heavy atom. The van der Waals surface area contributed by atoms with Crippen LogP contribution >= 0.6 is 0 Å². The van der Waals surface area contributed by atoms with Crippen molar-refractivity contribution in [1.82, 2.24) is 9.80 Å². The summed E-state index contributed by atoms with van der Waals surface area (Å²) in [5.41, 5.74) is -0.694. The molecule has 0 spiro atoms. The molecule has 98 valence electrons. The smallest absolute Gasteiger partial charge is 0.407 e. The Hall–Kier alpha value is -1.30. The molecule has 1 fully saturated rings. The summed E-state index contributed by atoms with van der Waals surface area (Å²) in [5.74, 6) is -0.260. The van der Waals surface area contributed by atoms with Crippen LogP contribution in [0.1, 0.15) is 20.8 Å². The number of amides is 1. The highest BCUT2D eigenvalue weighted by Gasteiger charge is 2.38. The lowest BCUT2D eigenvalue weighted by atomic mass is 10.0. The summed E-state index contributed by atoms with van der Waals surface area (Å²) in [7, 11) is 0. The fraction of sp³-hybridized carbons (Fsp3) is 0.818. The van der Waals surface area contributed by atoms with Gasteiger partial charge in [-0.3, -0.25) is 9.69 Å². The number of hydrogen-bond acceptors (Lipinski definition) is 4. The molecule has 0 saturated carbocycles. The van der Waals surface area contributed by atoms with E-state index in [2.05, 4.69) is 0 Å². The fourth-order valence-electron chi connectivity index (χ4n) is 1.89. The molecule has 1 N–H and O–H groups in total. The van der Waals surface area contributed by atoms with Gasteiger partial charge in [-0.05, 0) is 20.8 Å². The van der Waals surface area contributed by atoms with Crippen molar-refractivity contribution in [2.75, 3.05) is 32.8 Å². The first-order valence-electron chi connectivity index (χ1n) is 5.79. The third kappa shape index (κ3) is 3.09. The van der Waals surface area contributed by atoms with Crippen LogP contribution in [0.4, 0.5) is 4.79 Å². The third-order valence-electron chi connectivity index (χ3n) is 3.12. The Balaban J connectivity index is 2.58. The molecule has 1 heterocycles. The van der Waals surface area contributed by atoms with Crippen LogP contribution in [-0.2, 0) is 9.53 Å². The minimum Gasteiger partial charge on any atom is -0.465 e.